The largest absolute Gasteiger partial charge is 0.416 e. The van der Waals surface area contributed by atoms with Crippen LogP contribution in [0.2, 0.25) is 0 Å². The Morgan fingerprint density at radius 1 is 1.36 bits per heavy atom. The van der Waals surface area contributed by atoms with E-state index in [1.807, 2.05) is 11.8 Å². The highest BCUT2D eigenvalue weighted by Gasteiger charge is 2.38. The molecule has 0 aliphatic carbocycles. The van der Waals surface area contributed by atoms with Gasteiger partial charge in [0.1, 0.15) is 5.82 Å². The van der Waals surface area contributed by atoms with Crippen LogP contribution in [0.25, 0.3) is 0 Å². The average molecular weight is 494 g/mol. The number of nitrogens with zero attached hydrogens (tertiary/aromatic N) is 5. The van der Waals surface area contributed by atoms with Gasteiger partial charge >= 0.3 is 6.18 Å². The van der Waals surface area contributed by atoms with E-state index < -0.39 is 18.8 Å². The first-order chi connectivity index (χ1) is 11.3. The molecule has 1 aliphatic heterocycles. The van der Waals surface area contributed by atoms with Gasteiger partial charge in [-0.25, -0.2) is 4.98 Å². The van der Waals surface area contributed by atoms with E-state index in [4.69, 9.17) is 5.11 Å². The Balaban J connectivity index is 0.00000312. The van der Waals surface area contributed by atoms with Gasteiger partial charge in [0.25, 0.3) is 0 Å². The van der Waals surface area contributed by atoms with Gasteiger partial charge in [0, 0.05) is 51.2 Å². The third-order valence-electron chi connectivity index (χ3n) is 3.67. The van der Waals surface area contributed by atoms with Crippen LogP contribution in [0.3, 0.4) is 0 Å². The maximum Gasteiger partial charge on any atom is 0.416 e. The van der Waals surface area contributed by atoms with Gasteiger partial charge in [0.15, 0.2) is 12.1 Å². The van der Waals surface area contributed by atoms with Crippen molar-refractivity contribution in [2.24, 2.45) is 4.99 Å². The van der Waals surface area contributed by atoms with E-state index in [1.54, 1.807) is 0 Å². The molecular formula is C13H22F3IN6OS. The number of rotatable bonds is 4. The molecule has 0 saturated carbocycles. The van der Waals surface area contributed by atoms with Crippen molar-refractivity contribution in [2.45, 2.75) is 25.6 Å². The van der Waals surface area contributed by atoms with Crippen LogP contribution >= 0.6 is 35.5 Å². The van der Waals surface area contributed by atoms with Gasteiger partial charge in [-0.2, -0.15) is 17.5 Å². The SMILES string of the molecule is CCc1nsc(N2CCN(C(=NC)NCC(O)C(F)(F)F)CC2)n1.I. The summed E-state index contributed by atoms with van der Waals surface area (Å²) in [7, 11) is 1.51. The minimum atomic E-state index is -4.64. The highest BCUT2D eigenvalue weighted by molar-refractivity contribution is 14.0. The number of piperazine rings is 1. The van der Waals surface area contributed by atoms with Crippen molar-refractivity contribution in [3.8, 4) is 0 Å². The number of halogens is 4. The van der Waals surface area contributed by atoms with E-state index in [-0.39, 0.29) is 24.0 Å². The normalized spacial score (nSPS) is 17.3. The smallest absolute Gasteiger partial charge is 0.382 e. The van der Waals surface area contributed by atoms with Crippen molar-refractivity contribution in [3.63, 3.8) is 0 Å². The summed E-state index contributed by atoms with van der Waals surface area (Å²) in [5.74, 6) is 1.17. The number of aliphatic hydroxyl groups is 1. The maximum absolute atomic E-state index is 12.4. The Hall–Kier alpha value is -0.890. The summed E-state index contributed by atoms with van der Waals surface area (Å²) in [6.07, 6.45) is -6.27. The minimum absolute atomic E-state index is 0. The summed E-state index contributed by atoms with van der Waals surface area (Å²) in [6, 6.07) is 0. The molecule has 0 spiro atoms. The molecule has 2 N–H and O–H groups in total. The fraction of sp³-hybridized carbons (Fsp3) is 0.769. The third kappa shape index (κ3) is 6.09. The summed E-state index contributed by atoms with van der Waals surface area (Å²) in [6.45, 7) is 3.94. The molecule has 0 aromatic carbocycles. The number of aliphatic imine (C=N–C) groups is 1. The molecule has 1 atom stereocenters. The highest BCUT2D eigenvalue weighted by Crippen LogP contribution is 2.20. The lowest BCUT2D eigenvalue weighted by atomic mass is 10.3. The molecule has 2 heterocycles. The third-order valence-corrected chi connectivity index (χ3v) is 4.48. The number of aliphatic hydroxyl groups excluding tert-OH is 1. The van der Waals surface area contributed by atoms with Gasteiger partial charge < -0.3 is 20.2 Å². The molecule has 1 aromatic heterocycles. The zero-order valence-electron chi connectivity index (χ0n) is 14.0. The van der Waals surface area contributed by atoms with Gasteiger partial charge in [-0.1, -0.05) is 6.92 Å². The molecule has 7 nitrogen and oxygen atoms in total. The number of alkyl halides is 3. The quantitative estimate of drug-likeness (QED) is 0.374. The molecule has 1 saturated heterocycles. The van der Waals surface area contributed by atoms with Crippen LogP contribution in [0.5, 0.6) is 0 Å². The van der Waals surface area contributed by atoms with E-state index in [1.165, 1.54) is 18.6 Å². The number of anilines is 1. The van der Waals surface area contributed by atoms with E-state index in [2.05, 4.69) is 24.6 Å². The molecular weight excluding hydrogens is 472 g/mol. The topological polar surface area (TPSA) is 76.9 Å². The van der Waals surface area contributed by atoms with Crippen LogP contribution in [0, 0.1) is 0 Å². The van der Waals surface area contributed by atoms with E-state index >= 15 is 0 Å². The van der Waals surface area contributed by atoms with Crippen LogP contribution in [-0.2, 0) is 6.42 Å². The van der Waals surface area contributed by atoms with Crippen LogP contribution < -0.4 is 10.2 Å². The number of nitrogens with one attached hydrogen (secondary N) is 1. The molecule has 1 unspecified atom stereocenters. The van der Waals surface area contributed by atoms with E-state index in [9.17, 15) is 13.2 Å². The molecule has 0 amide bonds. The molecule has 2 rings (SSSR count). The predicted molar refractivity (Wildman–Crippen MR) is 102 cm³/mol. The van der Waals surface area contributed by atoms with Crippen molar-refractivity contribution in [2.75, 3.05) is 44.7 Å². The number of hydrogen-bond donors (Lipinski definition) is 2. The Kier molecular flexibility index (Phi) is 8.60. The Labute approximate surface area is 165 Å². The first-order valence-electron chi connectivity index (χ1n) is 7.63. The van der Waals surface area contributed by atoms with Crippen LogP contribution in [0.15, 0.2) is 4.99 Å². The second-order valence-corrected chi connectivity index (χ2v) is 6.04. The summed E-state index contributed by atoms with van der Waals surface area (Å²) in [5.41, 5.74) is 0. The first kappa shape index (κ1) is 22.2. The molecule has 1 fully saturated rings. The second kappa shape index (κ2) is 9.71. The summed E-state index contributed by atoms with van der Waals surface area (Å²) >= 11 is 1.36. The summed E-state index contributed by atoms with van der Waals surface area (Å²) in [5, 5.41) is 12.5. The van der Waals surface area contributed by atoms with Crippen molar-refractivity contribution >= 4 is 46.6 Å². The predicted octanol–water partition coefficient (Wildman–Crippen LogP) is 1.34. The van der Waals surface area contributed by atoms with Gasteiger partial charge in [-0.15, -0.1) is 24.0 Å². The lowest BCUT2D eigenvalue weighted by molar-refractivity contribution is -0.201. The van der Waals surface area contributed by atoms with Crippen LogP contribution in [-0.4, -0.2) is 77.4 Å². The minimum Gasteiger partial charge on any atom is -0.382 e. The number of guanidine groups is 1. The van der Waals surface area contributed by atoms with Crippen LogP contribution in [0.4, 0.5) is 18.3 Å². The van der Waals surface area contributed by atoms with Gasteiger partial charge in [-0.3, -0.25) is 4.99 Å². The molecule has 25 heavy (non-hydrogen) atoms. The molecule has 144 valence electrons. The van der Waals surface area contributed by atoms with Gasteiger partial charge in [-0.05, 0) is 0 Å². The average Bonchev–Trinajstić information content (AvgIpc) is 3.04. The monoisotopic (exact) mass is 494 g/mol. The van der Waals surface area contributed by atoms with Crippen molar-refractivity contribution in [1.82, 2.24) is 19.6 Å². The molecule has 0 bridgehead atoms. The zero-order valence-corrected chi connectivity index (χ0v) is 17.1. The Morgan fingerprint density at radius 2 is 2.00 bits per heavy atom. The molecule has 1 aromatic rings. The number of hydrogen-bond acceptors (Lipinski definition) is 6. The van der Waals surface area contributed by atoms with Gasteiger partial charge in [0.05, 0.1) is 6.54 Å². The fourth-order valence-corrected chi connectivity index (χ4v) is 3.06. The summed E-state index contributed by atoms with van der Waals surface area (Å²) < 4.78 is 41.3. The standard InChI is InChI=1S/C13H21F3N6OS.HI/c1-3-10-19-12(24-20-10)22-6-4-21(5-7-22)11(17-2)18-8-9(23)13(14,15)16;/h9,23H,3-8H2,1-2H3,(H,17,18);1H. The Morgan fingerprint density at radius 3 is 2.48 bits per heavy atom. The first-order valence-corrected chi connectivity index (χ1v) is 8.40. The van der Waals surface area contributed by atoms with Crippen molar-refractivity contribution in [1.29, 1.82) is 0 Å². The fourth-order valence-electron chi connectivity index (χ4n) is 2.26. The van der Waals surface area contributed by atoms with E-state index in [0.29, 0.717) is 32.1 Å². The van der Waals surface area contributed by atoms with Gasteiger partial charge in [0.2, 0.25) is 5.13 Å². The van der Waals surface area contributed by atoms with Crippen molar-refractivity contribution < 1.29 is 18.3 Å². The van der Waals surface area contributed by atoms with Crippen molar-refractivity contribution in [3.05, 3.63) is 5.82 Å². The molecule has 1 aliphatic rings. The number of aromatic nitrogens is 2. The maximum atomic E-state index is 12.4. The van der Waals surface area contributed by atoms with E-state index in [0.717, 1.165) is 17.4 Å². The Bertz CT molecular complexity index is 562. The zero-order chi connectivity index (χ0) is 17.7. The number of aryl methyl sites for hydroxylation is 1. The lowest BCUT2D eigenvalue weighted by Gasteiger charge is -2.36. The second-order valence-electron chi connectivity index (χ2n) is 5.31. The highest BCUT2D eigenvalue weighted by atomic mass is 127. The lowest BCUT2D eigenvalue weighted by Crippen LogP contribution is -2.54. The molecule has 0 radical (unpaired) electrons. The van der Waals surface area contributed by atoms with Crippen LogP contribution in [0.1, 0.15) is 12.7 Å². The molecule has 12 heteroatoms. The summed E-state index contributed by atoms with van der Waals surface area (Å²) in [4.78, 5) is 12.4.